The van der Waals surface area contributed by atoms with Crippen molar-refractivity contribution >= 4 is 0 Å². The quantitative estimate of drug-likeness (QED) is 0.914. The van der Waals surface area contributed by atoms with Crippen LogP contribution in [0.2, 0.25) is 0 Å². The van der Waals surface area contributed by atoms with Gasteiger partial charge in [0, 0.05) is 6.04 Å². The van der Waals surface area contributed by atoms with Gasteiger partial charge in [-0.25, -0.2) is 0 Å². The molecule has 1 aliphatic heterocycles. The Morgan fingerprint density at radius 1 is 1.15 bits per heavy atom. The SMILES string of the molecule is CCNC(c1ccc2c(c1)OCCO2)C1C2CCCC21. The smallest absolute Gasteiger partial charge is 0.161 e. The lowest BCUT2D eigenvalue weighted by Crippen LogP contribution is -2.25. The van der Waals surface area contributed by atoms with Gasteiger partial charge < -0.3 is 14.8 Å². The maximum atomic E-state index is 5.73. The Labute approximate surface area is 120 Å². The number of ether oxygens (including phenoxy) is 2. The van der Waals surface area contributed by atoms with Crippen LogP contribution in [0.15, 0.2) is 18.2 Å². The lowest BCUT2D eigenvalue weighted by atomic mass is 9.96. The molecule has 2 aliphatic carbocycles. The summed E-state index contributed by atoms with van der Waals surface area (Å²) in [5.74, 6) is 4.58. The maximum absolute atomic E-state index is 5.73. The van der Waals surface area contributed by atoms with E-state index in [1.807, 2.05) is 0 Å². The fourth-order valence-electron chi connectivity index (χ4n) is 4.32. The van der Waals surface area contributed by atoms with Crippen LogP contribution in [-0.2, 0) is 0 Å². The van der Waals surface area contributed by atoms with E-state index >= 15 is 0 Å². The highest BCUT2D eigenvalue weighted by Gasteiger charge is 2.55. The second kappa shape index (κ2) is 4.96. The molecule has 108 valence electrons. The first kappa shape index (κ1) is 12.5. The van der Waals surface area contributed by atoms with Gasteiger partial charge in [-0.2, -0.15) is 0 Å². The van der Waals surface area contributed by atoms with Gasteiger partial charge in [-0.15, -0.1) is 0 Å². The fourth-order valence-corrected chi connectivity index (χ4v) is 4.32. The van der Waals surface area contributed by atoms with Crippen LogP contribution in [0.4, 0.5) is 0 Å². The molecular weight excluding hydrogens is 250 g/mol. The Morgan fingerprint density at radius 2 is 1.90 bits per heavy atom. The monoisotopic (exact) mass is 273 g/mol. The largest absolute Gasteiger partial charge is 0.486 e. The van der Waals surface area contributed by atoms with Crippen LogP contribution in [0.5, 0.6) is 11.5 Å². The molecule has 3 heteroatoms. The minimum Gasteiger partial charge on any atom is -0.486 e. The predicted molar refractivity (Wildman–Crippen MR) is 78.2 cm³/mol. The Bertz CT molecular complexity index is 492. The molecule has 3 aliphatic rings. The van der Waals surface area contributed by atoms with E-state index in [1.165, 1.54) is 24.8 Å². The summed E-state index contributed by atoms with van der Waals surface area (Å²) in [6, 6.07) is 6.97. The summed E-state index contributed by atoms with van der Waals surface area (Å²) in [6.07, 6.45) is 4.30. The van der Waals surface area contributed by atoms with Crippen molar-refractivity contribution in [2.24, 2.45) is 17.8 Å². The molecule has 0 spiro atoms. The Morgan fingerprint density at radius 3 is 2.65 bits per heavy atom. The molecule has 1 aromatic rings. The van der Waals surface area contributed by atoms with Crippen molar-refractivity contribution in [3.63, 3.8) is 0 Å². The van der Waals surface area contributed by atoms with Gasteiger partial charge in [0.15, 0.2) is 11.5 Å². The highest BCUT2D eigenvalue weighted by Crippen LogP contribution is 2.62. The molecule has 20 heavy (non-hydrogen) atoms. The summed E-state index contributed by atoms with van der Waals surface area (Å²) in [7, 11) is 0. The van der Waals surface area contributed by atoms with Crippen molar-refractivity contribution in [1.82, 2.24) is 5.32 Å². The zero-order valence-electron chi connectivity index (χ0n) is 12.1. The lowest BCUT2D eigenvalue weighted by Gasteiger charge is -2.24. The molecule has 3 atom stereocenters. The molecule has 2 fully saturated rings. The molecule has 0 amide bonds. The minimum atomic E-state index is 0.492. The van der Waals surface area contributed by atoms with Gasteiger partial charge >= 0.3 is 0 Å². The summed E-state index contributed by atoms with van der Waals surface area (Å²) >= 11 is 0. The van der Waals surface area contributed by atoms with Gasteiger partial charge in [0.25, 0.3) is 0 Å². The molecule has 0 bridgehead atoms. The van der Waals surface area contributed by atoms with E-state index in [0.717, 1.165) is 35.8 Å². The van der Waals surface area contributed by atoms with Crippen LogP contribution in [0.1, 0.15) is 37.8 Å². The van der Waals surface area contributed by atoms with E-state index < -0.39 is 0 Å². The second-order valence-corrected chi connectivity index (χ2v) is 6.27. The van der Waals surface area contributed by atoms with E-state index in [0.29, 0.717) is 19.3 Å². The van der Waals surface area contributed by atoms with Crippen LogP contribution < -0.4 is 14.8 Å². The van der Waals surface area contributed by atoms with Crippen molar-refractivity contribution in [1.29, 1.82) is 0 Å². The number of fused-ring (bicyclic) bond motifs is 2. The summed E-state index contributed by atoms with van der Waals surface area (Å²) in [5, 5.41) is 3.70. The summed E-state index contributed by atoms with van der Waals surface area (Å²) in [5.41, 5.74) is 1.37. The molecule has 0 radical (unpaired) electrons. The second-order valence-electron chi connectivity index (χ2n) is 6.27. The first-order chi connectivity index (χ1) is 9.88. The van der Waals surface area contributed by atoms with Crippen molar-refractivity contribution in [3.05, 3.63) is 23.8 Å². The fraction of sp³-hybridized carbons (Fsp3) is 0.647. The third kappa shape index (κ3) is 1.99. The van der Waals surface area contributed by atoms with Gasteiger partial charge in [0.1, 0.15) is 13.2 Å². The Balaban J connectivity index is 1.59. The highest BCUT2D eigenvalue weighted by molar-refractivity contribution is 5.45. The van der Waals surface area contributed by atoms with Gasteiger partial charge in [0.2, 0.25) is 0 Å². The average molecular weight is 273 g/mol. The van der Waals surface area contributed by atoms with Crippen LogP contribution in [0.3, 0.4) is 0 Å². The normalized spacial score (nSPS) is 31.8. The van der Waals surface area contributed by atoms with Crippen LogP contribution in [-0.4, -0.2) is 19.8 Å². The van der Waals surface area contributed by atoms with Crippen LogP contribution in [0.25, 0.3) is 0 Å². The first-order valence-corrected chi connectivity index (χ1v) is 8.01. The van der Waals surface area contributed by atoms with E-state index in [9.17, 15) is 0 Å². The zero-order chi connectivity index (χ0) is 13.5. The summed E-state index contributed by atoms with van der Waals surface area (Å²) in [6.45, 7) is 4.55. The molecule has 0 saturated heterocycles. The molecule has 4 rings (SSSR count). The van der Waals surface area contributed by atoms with Gasteiger partial charge in [-0.1, -0.05) is 19.4 Å². The van der Waals surface area contributed by atoms with Crippen molar-refractivity contribution in [2.75, 3.05) is 19.8 Å². The Kier molecular flexibility index (Phi) is 3.10. The summed E-state index contributed by atoms with van der Waals surface area (Å²) < 4.78 is 11.4. The molecular formula is C17H23NO2. The number of nitrogens with one attached hydrogen (secondary N) is 1. The number of hydrogen-bond donors (Lipinski definition) is 1. The average Bonchev–Trinajstić information content (AvgIpc) is 2.94. The molecule has 1 heterocycles. The third-order valence-corrected chi connectivity index (χ3v) is 5.21. The van der Waals surface area contributed by atoms with Gasteiger partial charge in [0.05, 0.1) is 0 Å². The van der Waals surface area contributed by atoms with E-state index in [1.54, 1.807) is 0 Å². The van der Waals surface area contributed by atoms with Gasteiger partial charge in [-0.05, 0) is 54.8 Å². The summed E-state index contributed by atoms with van der Waals surface area (Å²) in [4.78, 5) is 0. The van der Waals surface area contributed by atoms with Crippen LogP contribution >= 0.6 is 0 Å². The maximum Gasteiger partial charge on any atom is 0.161 e. The minimum absolute atomic E-state index is 0.492. The van der Waals surface area contributed by atoms with Gasteiger partial charge in [-0.3, -0.25) is 0 Å². The standard InChI is InChI=1S/C17H23NO2/c1-2-18-17(16-12-4-3-5-13(12)16)11-6-7-14-15(10-11)20-9-8-19-14/h6-7,10,12-13,16-18H,2-5,8-9H2,1H3. The third-order valence-electron chi connectivity index (χ3n) is 5.21. The molecule has 3 unspecified atom stereocenters. The zero-order valence-corrected chi connectivity index (χ0v) is 12.1. The first-order valence-electron chi connectivity index (χ1n) is 8.01. The number of benzene rings is 1. The molecule has 2 saturated carbocycles. The predicted octanol–water partition coefficient (Wildman–Crippen LogP) is 3.15. The van der Waals surface area contributed by atoms with Crippen molar-refractivity contribution < 1.29 is 9.47 Å². The van der Waals surface area contributed by atoms with Crippen molar-refractivity contribution in [3.8, 4) is 11.5 Å². The molecule has 1 N–H and O–H groups in total. The molecule has 3 nitrogen and oxygen atoms in total. The highest BCUT2D eigenvalue weighted by atomic mass is 16.6. The van der Waals surface area contributed by atoms with Crippen molar-refractivity contribution in [2.45, 2.75) is 32.2 Å². The lowest BCUT2D eigenvalue weighted by molar-refractivity contribution is 0.171. The van der Waals surface area contributed by atoms with E-state index in [-0.39, 0.29) is 0 Å². The molecule has 1 aromatic carbocycles. The van der Waals surface area contributed by atoms with E-state index in [2.05, 4.69) is 30.4 Å². The van der Waals surface area contributed by atoms with Crippen LogP contribution in [0, 0.1) is 17.8 Å². The number of hydrogen-bond acceptors (Lipinski definition) is 3. The number of rotatable bonds is 4. The Hall–Kier alpha value is -1.22. The van der Waals surface area contributed by atoms with E-state index in [4.69, 9.17) is 9.47 Å². The molecule has 0 aromatic heterocycles. The topological polar surface area (TPSA) is 30.5 Å².